The molecule has 2 heterocycles. The number of likely N-dealkylation sites (tertiary alicyclic amines) is 1. The van der Waals surface area contributed by atoms with Gasteiger partial charge in [0.25, 0.3) is 0 Å². The third-order valence-corrected chi connectivity index (χ3v) is 6.06. The number of nitrogens with zero attached hydrogens (tertiary/aromatic N) is 3. The van der Waals surface area contributed by atoms with Crippen LogP contribution in [-0.4, -0.2) is 61.7 Å². The number of ether oxygens (including phenoxy) is 2. The van der Waals surface area contributed by atoms with Crippen LogP contribution in [0.5, 0.6) is 5.75 Å². The van der Waals surface area contributed by atoms with Crippen LogP contribution in [0.3, 0.4) is 0 Å². The van der Waals surface area contributed by atoms with E-state index in [-0.39, 0.29) is 24.7 Å². The summed E-state index contributed by atoms with van der Waals surface area (Å²) in [6.45, 7) is 3.27. The number of rotatable bonds is 7. The first-order chi connectivity index (χ1) is 16.9. The second kappa shape index (κ2) is 10.5. The highest BCUT2D eigenvalue weighted by molar-refractivity contribution is 5.81. The lowest BCUT2D eigenvalue weighted by Crippen LogP contribution is -2.38. The smallest absolute Gasteiger partial charge is 0.319 e. The highest BCUT2D eigenvalue weighted by atomic mass is 16.5. The summed E-state index contributed by atoms with van der Waals surface area (Å²) >= 11 is 0. The van der Waals surface area contributed by atoms with Crippen LogP contribution in [0, 0.1) is 11.3 Å². The molecule has 0 saturated carbocycles. The van der Waals surface area contributed by atoms with E-state index in [0.717, 1.165) is 17.4 Å². The van der Waals surface area contributed by atoms with Crippen molar-refractivity contribution < 1.29 is 23.5 Å². The zero-order valence-electron chi connectivity index (χ0n) is 20.2. The first kappa shape index (κ1) is 24.1. The van der Waals surface area contributed by atoms with E-state index in [1.54, 1.807) is 49.0 Å². The van der Waals surface area contributed by atoms with Gasteiger partial charge in [0.2, 0.25) is 0 Å². The second-order valence-electron chi connectivity index (χ2n) is 8.81. The Morgan fingerprint density at radius 2 is 1.97 bits per heavy atom. The van der Waals surface area contributed by atoms with Gasteiger partial charge in [-0.15, -0.1) is 0 Å². The summed E-state index contributed by atoms with van der Waals surface area (Å²) < 4.78 is 17.3. The van der Waals surface area contributed by atoms with Crippen molar-refractivity contribution in [2.45, 2.75) is 31.8 Å². The lowest BCUT2D eigenvalue weighted by Gasteiger charge is -2.21. The average Bonchev–Trinajstić information content (AvgIpc) is 3.48. The number of furan rings is 1. The molecule has 0 spiro atoms. The van der Waals surface area contributed by atoms with Crippen LogP contribution in [0.15, 0.2) is 52.9 Å². The SMILES string of the molecule is CCOC(=O)C(Cc1cc2cc(C#N)ccc2o1)c1ccc(O[C@H]2CCN(C(=O)N(C)C)C2)cc1. The number of hydrogen-bond acceptors (Lipinski definition) is 6. The molecule has 0 aliphatic carbocycles. The Bertz CT molecular complexity index is 1240. The maximum Gasteiger partial charge on any atom is 0.319 e. The highest BCUT2D eigenvalue weighted by Crippen LogP contribution is 2.29. The van der Waals surface area contributed by atoms with Crippen LogP contribution >= 0.6 is 0 Å². The molecule has 8 heteroatoms. The Morgan fingerprint density at radius 3 is 2.66 bits per heavy atom. The number of carbonyl (C=O) groups excluding carboxylic acids is 2. The molecule has 1 aliphatic rings. The minimum Gasteiger partial charge on any atom is -0.489 e. The molecule has 8 nitrogen and oxygen atoms in total. The quantitative estimate of drug-likeness (QED) is 0.472. The van der Waals surface area contributed by atoms with Gasteiger partial charge in [-0.2, -0.15) is 5.26 Å². The number of benzene rings is 2. The third kappa shape index (κ3) is 5.57. The van der Waals surface area contributed by atoms with Gasteiger partial charge in [-0.3, -0.25) is 4.79 Å². The zero-order valence-corrected chi connectivity index (χ0v) is 20.2. The van der Waals surface area contributed by atoms with E-state index in [0.29, 0.717) is 42.2 Å². The fraction of sp³-hybridized carbons (Fsp3) is 0.370. The van der Waals surface area contributed by atoms with Crippen LogP contribution in [0.4, 0.5) is 4.79 Å². The first-order valence-electron chi connectivity index (χ1n) is 11.7. The predicted molar refractivity (Wildman–Crippen MR) is 130 cm³/mol. The van der Waals surface area contributed by atoms with Gasteiger partial charge in [0.1, 0.15) is 23.2 Å². The minimum atomic E-state index is -0.542. The van der Waals surface area contributed by atoms with Crippen molar-refractivity contribution >= 4 is 23.0 Å². The van der Waals surface area contributed by atoms with Gasteiger partial charge in [-0.25, -0.2) is 4.79 Å². The van der Waals surface area contributed by atoms with Gasteiger partial charge < -0.3 is 23.7 Å². The van der Waals surface area contributed by atoms with Crippen molar-refractivity contribution in [1.82, 2.24) is 9.80 Å². The van der Waals surface area contributed by atoms with Crippen molar-refractivity contribution in [2.24, 2.45) is 0 Å². The molecule has 1 saturated heterocycles. The fourth-order valence-electron chi connectivity index (χ4n) is 4.30. The molecular formula is C27H29N3O5. The number of hydrogen-bond donors (Lipinski definition) is 0. The Kier molecular flexibility index (Phi) is 7.25. The number of amides is 2. The summed E-state index contributed by atoms with van der Waals surface area (Å²) in [5.41, 5.74) is 2.02. The Balaban J connectivity index is 1.47. The highest BCUT2D eigenvalue weighted by Gasteiger charge is 2.29. The van der Waals surface area contributed by atoms with Crippen LogP contribution in [0.2, 0.25) is 0 Å². The van der Waals surface area contributed by atoms with Crippen LogP contribution in [-0.2, 0) is 16.0 Å². The summed E-state index contributed by atoms with van der Waals surface area (Å²) in [6.07, 6.45) is 1.03. The van der Waals surface area contributed by atoms with Crippen molar-refractivity contribution in [3.8, 4) is 11.8 Å². The van der Waals surface area contributed by atoms with Gasteiger partial charge in [0.15, 0.2) is 0 Å². The third-order valence-electron chi connectivity index (χ3n) is 6.06. The molecule has 2 aromatic carbocycles. The molecule has 2 atom stereocenters. The number of nitriles is 1. The number of fused-ring (bicyclic) bond motifs is 1. The van der Waals surface area contributed by atoms with E-state index in [9.17, 15) is 9.59 Å². The monoisotopic (exact) mass is 475 g/mol. The topological polar surface area (TPSA) is 96.0 Å². The van der Waals surface area contributed by atoms with Gasteiger partial charge >= 0.3 is 12.0 Å². The zero-order chi connectivity index (χ0) is 24.9. The van der Waals surface area contributed by atoms with Crippen molar-refractivity contribution in [3.63, 3.8) is 0 Å². The van der Waals surface area contributed by atoms with E-state index in [1.807, 2.05) is 30.3 Å². The summed E-state index contributed by atoms with van der Waals surface area (Å²) in [5, 5.41) is 9.95. The number of carbonyl (C=O) groups is 2. The van der Waals surface area contributed by atoms with Gasteiger partial charge in [0.05, 0.1) is 30.7 Å². The first-order valence-corrected chi connectivity index (χ1v) is 11.7. The molecule has 0 bridgehead atoms. The maximum absolute atomic E-state index is 12.8. The van der Waals surface area contributed by atoms with Gasteiger partial charge in [0, 0.05) is 38.9 Å². The number of esters is 1. The molecule has 35 heavy (non-hydrogen) atoms. The molecule has 3 aromatic rings. The lowest BCUT2D eigenvalue weighted by atomic mass is 9.94. The molecule has 1 aromatic heterocycles. The Morgan fingerprint density at radius 1 is 1.20 bits per heavy atom. The maximum atomic E-state index is 12.8. The number of urea groups is 1. The van der Waals surface area contributed by atoms with Crippen molar-refractivity contribution in [3.05, 3.63) is 65.4 Å². The van der Waals surface area contributed by atoms with Crippen LogP contribution in [0.25, 0.3) is 11.0 Å². The molecule has 0 radical (unpaired) electrons. The molecule has 0 N–H and O–H groups in total. The average molecular weight is 476 g/mol. The minimum absolute atomic E-state index is 0.0156. The normalized spacial score (nSPS) is 16.1. The van der Waals surface area contributed by atoms with Crippen LogP contribution in [0.1, 0.15) is 36.1 Å². The Labute approximate surface area is 204 Å². The second-order valence-corrected chi connectivity index (χ2v) is 8.81. The molecule has 4 rings (SSSR count). The molecule has 1 aliphatic heterocycles. The van der Waals surface area contributed by atoms with E-state index >= 15 is 0 Å². The lowest BCUT2D eigenvalue weighted by molar-refractivity contribution is -0.145. The summed E-state index contributed by atoms with van der Waals surface area (Å²) in [7, 11) is 3.48. The van der Waals surface area contributed by atoms with E-state index in [1.165, 1.54) is 0 Å². The summed E-state index contributed by atoms with van der Waals surface area (Å²) in [4.78, 5) is 28.3. The molecule has 182 valence electrons. The largest absolute Gasteiger partial charge is 0.489 e. The Hall–Kier alpha value is -3.99. The fourth-order valence-corrected chi connectivity index (χ4v) is 4.30. The van der Waals surface area contributed by atoms with E-state index in [4.69, 9.17) is 19.2 Å². The van der Waals surface area contributed by atoms with Crippen LogP contribution < -0.4 is 4.74 Å². The van der Waals surface area contributed by atoms with E-state index < -0.39 is 5.92 Å². The van der Waals surface area contributed by atoms with Gasteiger partial charge in [-0.1, -0.05) is 12.1 Å². The van der Waals surface area contributed by atoms with Crippen molar-refractivity contribution in [2.75, 3.05) is 33.8 Å². The molecule has 1 fully saturated rings. The molecule has 1 unspecified atom stereocenters. The van der Waals surface area contributed by atoms with E-state index in [2.05, 4.69) is 6.07 Å². The molecular weight excluding hydrogens is 446 g/mol. The molecule has 2 amide bonds. The summed E-state index contributed by atoms with van der Waals surface area (Å²) in [6, 6.07) is 16.6. The predicted octanol–water partition coefficient (Wildman–Crippen LogP) is 4.33. The standard InChI is InChI=1S/C27H29N3O5/c1-4-33-26(31)24(15-23-14-20-13-18(16-28)5-10-25(20)35-23)19-6-8-21(9-7-19)34-22-11-12-30(17-22)27(32)29(2)3/h5-10,13-14,22,24H,4,11-12,15,17H2,1-3H3/t22-,24?/m0/s1. The summed E-state index contributed by atoms with van der Waals surface area (Å²) in [5.74, 6) is 0.464. The van der Waals surface area contributed by atoms with Crippen molar-refractivity contribution in [1.29, 1.82) is 5.26 Å². The van der Waals surface area contributed by atoms with Gasteiger partial charge in [-0.05, 0) is 48.9 Å².